The van der Waals surface area contributed by atoms with E-state index in [4.69, 9.17) is 16.1 Å². The molecule has 2 aromatic heterocycles. The van der Waals surface area contributed by atoms with Crippen LogP contribution >= 0.6 is 0 Å². The Kier molecular flexibility index (Phi) is 7.17. The molecule has 9 rings (SSSR count). The highest BCUT2D eigenvalue weighted by Crippen LogP contribution is 2.51. The summed E-state index contributed by atoms with van der Waals surface area (Å²) >= 11 is 0. The van der Waals surface area contributed by atoms with E-state index in [1.807, 2.05) is 0 Å². The van der Waals surface area contributed by atoms with Crippen LogP contribution in [0.1, 0.15) is 37.7 Å². The van der Waals surface area contributed by atoms with Gasteiger partial charge in [0.15, 0.2) is 5.82 Å². The fourth-order valence-electron chi connectivity index (χ4n) is 8.66. The third kappa shape index (κ3) is 5.48. The summed E-state index contributed by atoms with van der Waals surface area (Å²) in [5.74, 6) is 0.457. The number of hydrogen-bond acceptors (Lipinski definition) is 8. The standard InChI is InChI=1S/C37H33F5N6O3/c1-2-25-28(38)6-3-19-10-24(49)11-26(29(19)25)31-30(39)32-27(12-43-31)33(47-15-22-4-5-23(16-47)48(22)34(50)37(40,41)42)45-35(44-32)51-18-36(7-8-36)17-46-13-20-9-21(20)14-46/h1,3,6,10-12,20-23,49H,4-5,7-9,13-18H2. The van der Waals surface area contributed by atoms with Crippen molar-refractivity contribution in [2.75, 3.05) is 44.2 Å². The molecule has 2 aromatic carbocycles. The highest BCUT2D eigenvalue weighted by molar-refractivity contribution is 6.03. The lowest BCUT2D eigenvalue weighted by molar-refractivity contribution is -0.188. The minimum atomic E-state index is -5.00. The molecule has 5 fully saturated rings. The van der Waals surface area contributed by atoms with Crippen LogP contribution in [0.2, 0.25) is 0 Å². The number of rotatable bonds is 7. The number of phenols is 1. The number of piperidine rings is 1. The van der Waals surface area contributed by atoms with E-state index in [0.29, 0.717) is 24.8 Å². The summed E-state index contributed by atoms with van der Waals surface area (Å²) in [5.41, 5.74) is -0.551. The van der Waals surface area contributed by atoms with Crippen molar-refractivity contribution < 1.29 is 36.6 Å². The van der Waals surface area contributed by atoms with E-state index in [2.05, 4.69) is 20.8 Å². The lowest BCUT2D eigenvalue weighted by Gasteiger charge is -2.42. The number of piperazine rings is 1. The number of pyridine rings is 1. The van der Waals surface area contributed by atoms with Crippen LogP contribution in [0, 0.1) is 41.2 Å². The van der Waals surface area contributed by atoms with Gasteiger partial charge in [-0.1, -0.05) is 12.0 Å². The number of halogens is 5. The lowest BCUT2D eigenvalue weighted by atomic mass is 9.96. The Labute approximate surface area is 289 Å². The number of aromatic hydroxyl groups is 1. The van der Waals surface area contributed by atoms with Crippen LogP contribution in [-0.2, 0) is 4.79 Å². The van der Waals surface area contributed by atoms with Crippen molar-refractivity contribution in [3.05, 3.63) is 47.7 Å². The summed E-state index contributed by atoms with van der Waals surface area (Å²) in [7, 11) is 0. The third-order valence-electron chi connectivity index (χ3n) is 11.4. The molecule has 3 aliphatic heterocycles. The number of nitrogens with zero attached hydrogens (tertiary/aromatic N) is 6. The molecule has 14 heteroatoms. The van der Waals surface area contributed by atoms with Gasteiger partial charge in [0.25, 0.3) is 0 Å². The number of carbonyl (C=O) groups is 1. The quantitative estimate of drug-likeness (QED) is 0.195. The maximum Gasteiger partial charge on any atom is 0.471 e. The molecule has 3 saturated heterocycles. The van der Waals surface area contributed by atoms with E-state index in [1.165, 1.54) is 36.9 Å². The predicted molar refractivity (Wildman–Crippen MR) is 177 cm³/mol. The van der Waals surface area contributed by atoms with Crippen molar-refractivity contribution in [2.24, 2.45) is 17.3 Å². The fraction of sp³-hybridized carbons (Fsp3) is 0.459. The Bertz CT molecular complexity index is 2140. The second kappa shape index (κ2) is 11.4. The largest absolute Gasteiger partial charge is 0.508 e. The zero-order valence-corrected chi connectivity index (χ0v) is 27.4. The molecule has 2 saturated carbocycles. The smallest absolute Gasteiger partial charge is 0.471 e. The second-order valence-electron chi connectivity index (χ2n) is 14.9. The number of hydrogen-bond donors (Lipinski definition) is 1. The van der Waals surface area contributed by atoms with Crippen molar-refractivity contribution >= 4 is 33.4 Å². The Morgan fingerprint density at radius 1 is 1.06 bits per heavy atom. The number of alkyl halides is 3. The van der Waals surface area contributed by atoms with Gasteiger partial charge in [0.1, 0.15) is 28.6 Å². The molecule has 1 N–H and O–H groups in total. The molecule has 264 valence electrons. The molecule has 51 heavy (non-hydrogen) atoms. The lowest BCUT2D eigenvalue weighted by Crippen LogP contribution is -2.59. The highest BCUT2D eigenvalue weighted by atomic mass is 19.4. The molecule has 0 radical (unpaired) electrons. The first kappa shape index (κ1) is 32.2. The number of phenolic OH excluding ortho intramolecular Hbond substituents is 1. The number of anilines is 1. The molecule has 9 nitrogen and oxygen atoms in total. The molecular formula is C37H33F5N6O3. The second-order valence-corrected chi connectivity index (χ2v) is 14.9. The fourth-order valence-corrected chi connectivity index (χ4v) is 8.66. The van der Waals surface area contributed by atoms with Crippen LogP contribution in [0.4, 0.5) is 27.8 Å². The Morgan fingerprint density at radius 3 is 2.45 bits per heavy atom. The molecule has 4 unspecified atom stereocenters. The maximum absolute atomic E-state index is 16.9. The average molecular weight is 705 g/mol. The zero-order valence-electron chi connectivity index (χ0n) is 27.4. The van der Waals surface area contributed by atoms with Gasteiger partial charge in [-0.25, -0.2) is 8.78 Å². The molecule has 5 heterocycles. The van der Waals surface area contributed by atoms with Crippen LogP contribution in [-0.4, -0.2) is 93.4 Å². The molecule has 2 bridgehead atoms. The minimum absolute atomic E-state index is 0.0382. The Morgan fingerprint density at radius 2 is 1.78 bits per heavy atom. The van der Waals surface area contributed by atoms with E-state index in [-0.39, 0.29) is 69.2 Å². The Hall–Kier alpha value is -4.77. The van der Waals surface area contributed by atoms with Gasteiger partial charge in [-0.05, 0) is 67.5 Å². The van der Waals surface area contributed by atoms with Gasteiger partial charge in [-0.15, -0.1) is 6.42 Å². The highest BCUT2D eigenvalue weighted by Gasteiger charge is 2.53. The van der Waals surface area contributed by atoms with Crippen molar-refractivity contribution in [3.63, 3.8) is 0 Å². The van der Waals surface area contributed by atoms with E-state index in [9.17, 15) is 27.5 Å². The number of ether oxygens (including phenoxy) is 1. The number of benzene rings is 2. The number of fused-ring (bicyclic) bond motifs is 5. The molecule has 0 spiro atoms. The van der Waals surface area contributed by atoms with Crippen LogP contribution in [0.25, 0.3) is 32.9 Å². The van der Waals surface area contributed by atoms with Crippen molar-refractivity contribution in [2.45, 2.75) is 50.4 Å². The van der Waals surface area contributed by atoms with Gasteiger partial charge < -0.3 is 24.5 Å². The number of aromatic nitrogens is 3. The third-order valence-corrected chi connectivity index (χ3v) is 11.4. The van der Waals surface area contributed by atoms with Crippen molar-refractivity contribution in [1.82, 2.24) is 24.8 Å². The van der Waals surface area contributed by atoms with Crippen LogP contribution in [0.5, 0.6) is 11.8 Å². The SMILES string of the molecule is C#Cc1c(F)ccc2cc(O)cc(-c3ncc4c(N5CC6CCC(C5)N6C(=O)C(F)(F)F)nc(OCC5(CN6CC7CC7C6)CC5)nc4c3F)c12. The number of amides is 1. The first-order valence-electron chi connectivity index (χ1n) is 17.2. The summed E-state index contributed by atoms with van der Waals surface area (Å²) in [6.45, 7) is 3.45. The molecule has 5 aliphatic rings. The van der Waals surface area contributed by atoms with Crippen LogP contribution in [0.15, 0.2) is 30.5 Å². The van der Waals surface area contributed by atoms with Gasteiger partial charge in [-0.2, -0.15) is 23.1 Å². The topological polar surface area (TPSA) is 94.9 Å². The van der Waals surface area contributed by atoms with E-state index in [0.717, 1.165) is 49.2 Å². The summed E-state index contributed by atoms with van der Waals surface area (Å²) in [6.07, 6.45) is 6.03. The van der Waals surface area contributed by atoms with E-state index >= 15 is 4.39 Å². The van der Waals surface area contributed by atoms with Gasteiger partial charge in [0.05, 0.1) is 29.6 Å². The summed E-state index contributed by atoms with van der Waals surface area (Å²) in [4.78, 5) is 31.1. The maximum atomic E-state index is 16.9. The van der Waals surface area contributed by atoms with E-state index in [1.54, 1.807) is 4.90 Å². The van der Waals surface area contributed by atoms with Crippen LogP contribution < -0.4 is 9.64 Å². The predicted octanol–water partition coefficient (Wildman–Crippen LogP) is 5.66. The number of carbonyl (C=O) groups excluding carboxylic acids is 1. The molecule has 1 amide bonds. The summed E-state index contributed by atoms with van der Waals surface area (Å²) in [6, 6.07) is 3.70. The molecule has 2 aliphatic carbocycles. The zero-order chi connectivity index (χ0) is 35.4. The normalized spacial score (nSPS) is 24.9. The number of terminal acetylenes is 1. The molecule has 4 atom stereocenters. The average Bonchev–Trinajstić information content (AvgIpc) is 3.98. The van der Waals surface area contributed by atoms with Crippen molar-refractivity contribution in [3.8, 4) is 35.4 Å². The minimum Gasteiger partial charge on any atom is -0.508 e. The first-order chi connectivity index (χ1) is 24.4. The summed E-state index contributed by atoms with van der Waals surface area (Å²) < 4.78 is 78.5. The van der Waals surface area contributed by atoms with Crippen LogP contribution in [0.3, 0.4) is 0 Å². The first-order valence-corrected chi connectivity index (χ1v) is 17.2. The van der Waals surface area contributed by atoms with Gasteiger partial charge >= 0.3 is 18.1 Å². The van der Waals surface area contributed by atoms with Crippen molar-refractivity contribution in [1.29, 1.82) is 0 Å². The van der Waals surface area contributed by atoms with Gasteiger partial charge in [0, 0.05) is 55.3 Å². The molecular weight excluding hydrogens is 671 g/mol. The van der Waals surface area contributed by atoms with E-state index < -0.39 is 35.8 Å². The number of likely N-dealkylation sites (tertiary alicyclic amines) is 1. The molecule has 4 aromatic rings. The van der Waals surface area contributed by atoms with Gasteiger partial charge in [0.2, 0.25) is 0 Å². The van der Waals surface area contributed by atoms with Gasteiger partial charge in [-0.3, -0.25) is 9.78 Å². The monoisotopic (exact) mass is 704 g/mol. The Balaban J connectivity index is 1.12. The summed E-state index contributed by atoms with van der Waals surface area (Å²) in [5, 5.41) is 11.3.